The quantitative estimate of drug-likeness (QED) is 0.238. The zero-order chi connectivity index (χ0) is 27.6. The second-order valence-electron chi connectivity index (χ2n) is 8.50. The number of hydrogen-bond donors (Lipinski definition) is 0. The van der Waals surface area contributed by atoms with Crippen LogP contribution in [-0.2, 0) is 11.8 Å². The highest BCUT2D eigenvalue weighted by Gasteiger charge is 2.37. The van der Waals surface area contributed by atoms with Crippen LogP contribution < -0.4 is 28.4 Å². The minimum absolute atomic E-state index is 0.229. The van der Waals surface area contributed by atoms with E-state index in [9.17, 15) is 15.4 Å². The lowest BCUT2D eigenvalue weighted by atomic mass is 9.74. The molecule has 0 N–H and O–H groups in total. The lowest BCUT2D eigenvalue weighted by molar-refractivity contribution is -0.523. The molecule has 202 valence electrons. The van der Waals surface area contributed by atoms with E-state index in [1.54, 1.807) is 24.3 Å². The zero-order valence-corrected chi connectivity index (χ0v) is 22.6. The molecule has 0 aliphatic heterocycles. The van der Waals surface area contributed by atoms with Crippen molar-refractivity contribution in [2.75, 3.05) is 42.7 Å². The summed E-state index contributed by atoms with van der Waals surface area (Å²) < 4.78 is 32.8. The summed E-state index contributed by atoms with van der Waals surface area (Å²) >= 11 is 0. The van der Waals surface area contributed by atoms with Crippen LogP contribution in [0.4, 0.5) is 0 Å². The van der Waals surface area contributed by atoms with E-state index in [-0.39, 0.29) is 17.8 Å². The predicted octanol–water partition coefficient (Wildman–Crippen LogP) is 4.97. The van der Waals surface area contributed by atoms with Crippen LogP contribution in [-0.4, -0.2) is 53.6 Å². The van der Waals surface area contributed by atoms with Gasteiger partial charge in [-0.3, -0.25) is 10.1 Å². The van der Waals surface area contributed by atoms with Crippen molar-refractivity contribution in [1.82, 2.24) is 0 Å². The Morgan fingerprint density at radius 1 is 0.892 bits per heavy atom. The van der Waals surface area contributed by atoms with Crippen LogP contribution in [0.2, 0.25) is 0 Å². The SMILES string of the molecule is CCC(C#N)(CCCC(Cc1ccc(OC)c(OC)c1)[N+](=O)[O-])c1cc(OC)c(OC)c(OC)c1OC. The van der Waals surface area contributed by atoms with E-state index < -0.39 is 11.5 Å². The van der Waals surface area contributed by atoms with Crippen LogP contribution in [0.15, 0.2) is 24.3 Å². The molecule has 2 aromatic carbocycles. The maximum Gasteiger partial charge on any atom is 0.217 e. The second-order valence-corrected chi connectivity index (χ2v) is 8.50. The van der Waals surface area contributed by atoms with Gasteiger partial charge in [-0.1, -0.05) is 13.0 Å². The van der Waals surface area contributed by atoms with E-state index in [4.69, 9.17) is 28.4 Å². The topological polar surface area (TPSA) is 122 Å². The molecule has 2 unspecified atom stereocenters. The maximum absolute atomic E-state index is 11.9. The Kier molecular flexibility index (Phi) is 10.7. The van der Waals surface area contributed by atoms with E-state index in [1.165, 1.54) is 42.7 Å². The maximum atomic E-state index is 11.9. The van der Waals surface area contributed by atoms with Crippen molar-refractivity contribution >= 4 is 0 Å². The number of nitriles is 1. The Bertz CT molecular complexity index is 1110. The molecular weight excluding hydrogens is 480 g/mol. The molecule has 0 saturated carbocycles. The molecule has 0 amide bonds. The van der Waals surface area contributed by atoms with Gasteiger partial charge in [0.2, 0.25) is 17.5 Å². The smallest absolute Gasteiger partial charge is 0.217 e. The summed E-state index contributed by atoms with van der Waals surface area (Å²) in [5.41, 5.74) is 0.377. The van der Waals surface area contributed by atoms with Gasteiger partial charge in [0.15, 0.2) is 23.0 Å². The predicted molar refractivity (Wildman–Crippen MR) is 138 cm³/mol. The number of ether oxygens (including phenoxy) is 6. The van der Waals surface area contributed by atoms with Gasteiger partial charge in [0, 0.05) is 23.3 Å². The van der Waals surface area contributed by atoms with E-state index in [0.29, 0.717) is 59.3 Å². The lowest BCUT2D eigenvalue weighted by Crippen LogP contribution is -2.27. The molecule has 2 aromatic rings. The fourth-order valence-electron chi connectivity index (χ4n) is 4.59. The molecule has 2 atom stereocenters. The van der Waals surface area contributed by atoms with E-state index in [1.807, 2.05) is 6.92 Å². The number of methoxy groups -OCH3 is 6. The molecule has 0 bridgehead atoms. The monoisotopic (exact) mass is 516 g/mol. The Balaban J connectivity index is 2.35. The molecular formula is C27H36N2O8. The molecule has 0 saturated heterocycles. The van der Waals surface area contributed by atoms with Crippen molar-refractivity contribution in [3.05, 3.63) is 45.5 Å². The van der Waals surface area contributed by atoms with Gasteiger partial charge >= 0.3 is 0 Å². The molecule has 0 spiro atoms. The summed E-state index contributed by atoms with van der Waals surface area (Å²) in [6.45, 7) is 1.90. The first-order valence-electron chi connectivity index (χ1n) is 11.9. The Labute approximate surface area is 218 Å². The summed E-state index contributed by atoms with van der Waals surface area (Å²) in [4.78, 5) is 11.6. The van der Waals surface area contributed by atoms with Crippen LogP contribution in [0.1, 0.15) is 43.7 Å². The van der Waals surface area contributed by atoms with Gasteiger partial charge in [0.1, 0.15) is 0 Å². The van der Waals surface area contributed by atoms with Crippen LogP contribution in [0.5, 0.6) is 34.5 Å². The van der Waals surface area contributed by atoms with Crippen molar-refractivity contribution in [3.63, 3.8) is 0 Å². The summed E-state index contributed by atoms with van der Waals surface area (Å²) in [6.07, 6.45) is 1.80. The van der Waals surface area contributed by atoms with Crippen LogP contribution >= 0.6 is 0 Å². The number of rotatable bonds is 15. The zero-order valence-electron chi connectivity index (χ0n) is 22.6. The molecule has 0 aliphatic rings. The van der Waals surface area contributed by atoms with Crippen molar-refractivity contribution in [2.45, 2.75) is 50.5 Å². The van der Waals surface area contributed by atoms with Crippen LogP contribution in [0.3, 0.4) is 0 Å². The number of hydrogen-bond acceptors (Lipinski definition) is 9. The van der Waals surface area contributed by atoms with E-state index in [0.717, 1.165) is 5.56 Å². The van der Waals surface area contributed by atoms with E-state index in [2.05, 4.69) is 6.07 Å². The third-order valence-electron chi connectivity index (χ3n) is 6.68. The van der Waals surface area contributed by atoms with Gasteiger partial charge in [0.25, 0.3) is 0 Å². The summed E-state index contributed by atoms with van der Waals surface area (Å²) in [5, 5.41) is 22.2. The number of nitro groups is 1. The normalized spacial score (nSPS) is 13.0. The van der Waals surface area contributed by atoms with Gasteiger partial charge < -0.3 is 28.4 Å². The van der Waals surface area contributed by atoms with Crippen molar-refractivity contribution in [1.29, 1.82) is 5.26 Å². The second kappa shape index (κ2) is 13.4. The lowest BCUT2D eigenvalue weighted by Gasteiger charge is -2.29. The molecule has 0 aromatic heterocycles. The highest BCUT2D eigenvalue weighted by atomic mass is 16.6. The molecule has 2 rings (SSSR count). The van der Waals surface area contributed by atoms with Crippen molar-refractivity contribution in [3.8, 4) is 40.6 Å². The van der Waals surface area contributed by atoms with Crippen LogP contribution in [0.25, 0.3) is 0 Å². The fourth-order valence-corrected chi connectivity index (χ4v) is 4.59. The van der Waals surface area contributed by atoms with Gasteiger partial charge in [0.05, 0.1) is 54.1 Å². The van der Waals surface area contributed by atoms with Crippen molar-refractivity contribution < 1.29 is 33.3 Å². The first kappa shape index (κ1) is 29.4. The van der Waals surface area contributed by atoms with Gasteiger partial charge in [-0.15, -0.1) is 0 Å². The average molecular weight is 517 g/mol. The summed E-state index contributed by atoms with van der Waals surface area (Å²) in [6, 6.07) is 8.63. The molecule has 0 fully saturated rings. The average Bonchev–Trinajstić information content (AvgIpc) is 2.93. The molecule has 10 nitrogen and oxygen atoms in total. The Morgan fingerprint density at radius 3 is 2.00 bits per heavy atom. The summed E-state index contributed by atoms with van der Waals surface area (Å²) in [5.74, 6) is 2.54. The van der Waals surface area contributed by atoms with Crippen LogP contribution in [0, 0.1) is 21.4 Å². The standard InChI is InChI=1S/C27H36N2O8/c1-8-27(17-28,20-16-23(34-4)25(36-6)26(37-7)24(20)35-5)13-9-10-19(29(30)31)14-18-11-12-21(32-2)22(15-18)33-3/h11-12,15-16,19H,8-10,13-14H2,1-7H3. The van der Waals surface area contributed by atoms with Gasteiger partial charge in [-0.2, -0.15) is 5.26 Å². The Hall–Kier alpha value is -3.87. The molecule has 37 heavy (non-hydrogen) atoms. The first-order chi connectivity index (χ1) is 17.8. The highest BCUT2D eigenvalue weighted by Crippen LogP contribution is 2.51. The molecule has 0 heterocycles. The fraction of sp³-hybridized carbons (Fsp3) is 0.519. The summed E-state index contributed by atoms with van der Waals surface area (Å²) in [7, 11) is 9.04. The molecule has 0 radical (unpaired) electrons. The first-order valence-corrected chi connectivity index (χ1v) is 11.9. The molecule has 0 aliphatic carbocycles. The van der Waals surface area contributed by atoms with Crippen molar-refractivity contribution in [2.24, 2.45) is 0 Å². The third-order valence-corrected chi connectivity index (χ3v) is 6.68. The van der Waals surface area contributed by atoms with Gasteiger partial charge in [-0.05, 0) is 43.0 Å². The third kappa shape index (κ3) is 6.28. The largest absolute Gasteiger partial charge is 0.493 e. The number of benzene rings is 2. The minimum Gasteiger partial charge on any atom is -0.493 e. The van der Waals surface area contributed by atoms with E-state index >= 15 is 0 Å². The number of nitrogens with zero attached hydrogens (tertiary/aromatic N) is 2. The Morgan fingerprint density at radius 2 is 1.51 bits per heavy atom. The molecule has 10 heteroatoms. The minimum atomic E-state index is -0.983. The van der Waals surface area contributed by atoms with Gasteiger partial charge in [-0.25, -0.2) is 0 Å². The highest BCUT2D eigenvalue weighted by molar-refractivity contribution is 5.65.